The third-order valence-corrected chi connectivity index (χ3v) is 3.89. The quantitative estimate of drug-likeness (QED) is 0.780. The summed E-state index contributed by atoms with van der Waals surface area (Å²) < 4.78 is 0. The van der Waals surface area contributed by atoms with E-state index in [9.17, 15) is 0 Å². The Bertz CT molecular complexity index is 349. The van der Waals surface area contributed by atoms with Gasteiger partial charge in [-0.05, 0) is 49.4 Å². The van der Waals surface area contributed by atoms with Crippen LogP contribution in [-0.4, -0.2) is 33.3 Å². The van der Waals surface area contributed by atoms with E-state index in [1.807, 2.05) is 7.05 Å². The van der Waals surface area contributed by atoms with Gasteiger partial charge in [0.25, 0.3) is 0 Å². The lowest BCUT2D eigenvalue weighted by molar-refractivity contribution is 0.226. The van der Waals surface area contributed by atoms with Crippen LogP contribution >= 0.6 is 0 Å². The molecule has 1 heterocycles. The molecule has 0 aliphatic heterocycles. The molecule has 1 fully saturated rings. The summed E-state index contributed by atoms with van der Waals surface area (Å²) in [6, 6.07) is 0. The lowest BCUT2D eigenvalue weighted by Gasteiger charge is -2.31. The van der Waals surface area contributed by atoms with E-state index < -0.39 is 0 Å². The van der Waals surface area contributed by atoms with Crippen molar-refractivity contribution in [3.8, 4) is 0 Å². The van der Waals surface area contributed by atoms with Crippen molar-refractivity contribution < 1.29 is 0 Å². The Morgan fingerprint density at radius 2 is 2.06 bits per heavy atom. The fourth-order valence-electron chi connectivity index (χ4n) is 2.93. The van der Waals surface area contributed by atoms with Crippen LogP contribution in [0.4, 0.5) is 0 Å². The molecule has 1 aliphatic rings. The summed E-state index contributed by atoms with van der Waals surface area (Å²) in [4.78, 5) is 1.56. The zero-order valence-corrected chi connectivity index (χ0v) is 11.6. The second-order valence-electron chi connectivity index (χ2n) is 5.41. The van der Waals surface area contributed by atoms with Crippen LogP contribution in [0.2, 0.25) is 0 Å². The smallest absolute Gasteiger partial charge is 0.175 e. The van der Waals surface area contributed by atoms with Gasteiger partial charge in [0.1, 0.15) is 0 Å². The molecule has 0 amide bonds. The second-order valence-corrected chi connectivity index (χ2v) is 5.41. The average molecular weight is 251 g/mol. The van der Waals surface area contributed by atoms with Gasteiger partial charge in [-0.1, -0.05) is 19.8 Å². The van der Waals surface area contributed by atoms with E-state index in [0.29, 0.717) is 0 Å². The predicted molar refractivity (Wildman–Crippen MR) is 71.1 cm³/mol. The molecule has 1 aromatic heterocycles. The van der Waals surface area contributed by atoms with Crippen molar-refractivity contribution in [1.82, 2.24) is 25.5 Å². The molecule has 5 nitrogen and oxygen atoms in total. The van der Waals surface area contributed by atoms with E-state index in [2.05, 4.69) is 27.7 Å². The molecular weight excluding hydrogens is 226 g/mol. The van der Waals surface area contributed by atoms with E-state index in [1.54, 1.807) is 4.80 Å². The van der Waals surface area contributed by atoms with Crippen molar-refractivity contribution in [3.05, 3.63) is 5.82 Å². The third-order valence-electron chi connectivity index (χ3n) is 3.89. The van der Waals surface area contributed by atoms with Gasteiger partial charge in [-0.3, -0.25) is 0 Å². The number of tetrazole rings is 1. The maximum atomic E-state index is 4.31. The molecule has 0 saturated heterocycles. The third kappa shape index (κ3) is 3.77. The van der Waals surface area contributed by atoms with Gasteiger partial charge in [-0.15, -0.1) is 10.2 Å². The van der Waals surface area contributed by atoms with Crippen LogP contribution in [0, 0.1) is 11.8 Å². The molecule has 18 heavy (non-hydrogen) atoms. The Morgan fingerprint density at radius 1 is 1.28 bits per heavy atom. The van der Waals surface area contributed by atoms with Crippen molar-refractivity contribution in [2.24, 2.45) is 18.9 Å². The highest BCUT2D eigenvalue weighted by atomic mass is 15.6. The summed E-state index contributed by atoms with van der Waals surface area (Å²) in [5.41, 5.74) is 0. The predicted octanol–water partition coefficient (Wildman–Crippen LogP) is 1.56. The Kier molecular flexibility index (Phi) is 5.11. The molecule has 1 aromatic rings. The first-order valence-corrected chi connectivity index (χ1v) is 7.23. The summed E-state index contributed by atoms with van der Waals surface area (Å²) in [6.07, 6.45) is 7.60. The van der Waals surface area contributed by atoms with Crippen LogP contribution in [-0.2, 0) is 13.5 Å². The number of nitrogens with zero attached hydrogens (tertiary/aromatic N) is 4. The van der Waals surface area contributed by atoms with Crippen LogP contribution in [0.15, 0.2) is 0 Å². The van der Waals surface area contributed by atoms with Crippen molar-refractivity contribution in [3.63, 3.8) is 0 Å². The first kappa shape index (κ1) is 13.5. The fourth-order valence-corrected chi connectivity index (χ4v) is 2.93. The number of aromatic nitrogens is 4. The van der Waals surface area contributed by atoms with Gasteiger partial charge in [0, 0.05) is 6.42 Å². The lowest BCUT2D eigenvalue weighted by Crippen LogP contribution is -2.32. The monoisotopic (exact) mass is 251 g/mol. The number of aryl methyl sites for hydroxylation is 1. The fraction of sp³-hybridized carbons (Fsp3) is 0.923. The molecule has 102 valence electrons. The van der Waals surface area contributed by atoms with E-state index in [-0.39, 0.29) is 0 Å². The van der Waals surface area contributed by atoms with Crippen LogP contribution in [0.1, 0.15) is 44.9 Å². The molecule has 5 heteroatoms. The van der Waals surface area contributed by atoms with Crippen LogP contribution in [0.25, 0.3) is 0 Å². The topological polar surface area (TPSA) is 55.6 Å². The molecule has 0 spiro atoms. The average Bonchev–Trinajstić information content (AvgIpc) is 2.77. The lowest BCUT2D eigenvalue weighted by atomic mass is 9.77. The Hall–Kier alpha value is -0.970. The van der Waals surface area contributed by atoms with E-state index in [0.717, 1.165) is 37.2 Å². The highest BCUT2D eigenvalue weighted by Gasteiger charge is 2.26. The van der Waals surface area contributed by atoms with Gasteiger partial charge in [-0.2, -0.15) is 4.80 Å². The normalized spacial score (nSPS) is 24.3. The Labute approximate surface area is 109 Å². The zero-order chi connectivity index (χ0) is 12.8. The Balaban J connectivity index is 1.86. The van der Waals surface area contributed by atoms with E-state index >= 15 is 0 Å². The standard InChI is InChI=1S/C13H25N5/c1-3-8-14-10-12-7-5-4-6-11(12)9-13-15-17-18(2)16-13/h11-12,14H,3-10H2,1-2H3. The van der Waals surface area contributed by atoms with Gasteiger partial charge in [0.15, 0.2) is 5.82 Å². The maximum Gasteiger partial charge on any atom is 0.175 e. The summed E-state index contributed by atoms with van der Waals surface area (Å²) in [5, 5.41) is 15.9. The minimum absolute atomic E-state index is 0.729. The SMILES string of the molecule is CCCNCC1CCCCC1Cc1nnn(C)n1. The summed E-state index contributed by atoms with van der Waals surface area (Å²) >= 11 is 0. The molecule has 2 rings (SSSR count). The van der Waals surface area contributed by atoms with Crippen LogP contribution in [0.3, 0.4) is 0 Å². The largest absolute Gasteiger partial charge is 0.316 e. The highest BCUT2D eigenvalue weighted by Crippen LogP contribution is 2.31. The van der Waals surface area contributed by atoms with E-state index in [4.69, 9.17) is 0 Å². The molecule has 0 aromatic carbocycles. The van der Waals surface area contributed by atoms with Crippen LogP contribution in [0.5, 0.6) is 0 Å². The first-order valence-electron chi connectivity index (χ1n) is 7.23. The molecule has 2 unspecified atom stereocenters. The van der Waals surface area contributed by atoms with Crippen molar-refractivity contribution >= 4 is 0 Å². The van der Waals surface area contributed by atoms with Crippen molar-refractivity contribution in [2.75, 3.05) is 13.1 Å². The molecule has 2 atom stereocenters. The Morgan fingerprint density at radius 3 is 2.72 bits per heavy atom. The zero-order valence-electron chi connectivity index (χ0n) is 11.6. The minimum atomic E-state index is 0.729. The molecule has 1 aliphatic carbocycles. The number of rotatable bonds is 6. The van der Waals surface area contributed by atoms with E-state index in [1.165, 1.54) is 32.1 Å². The van der Waals surface area contributed by atoms with Crippen LogP contribution < -0.4 is 5.32 Å². The van der Waals surface area contributed by atoms with Crippen molar-refractivity contribution in [2.45, 2.75) is 45.4 Å². The summed E-state index contributed by atoms with van der Waals surface area (Å²) in [6.45, 7) is 4.50. The number of hydrogen-bond acceptors (Lipinski definition) is 4. The van der Waals surface area contributed by atoms with Crippen molar-refractivity contribution in [1.29, 1.82) is 0 Å². The minimum Gasteiger partial charge on any atom is -0.316 e. The molecule has 0 bridgehead atoms. The molecule has 1 saturated carbocycles. The molecule has 0 radical (unpaired) electrons. The van der Waals surface area contributed by atoms with Gasteiger partial charge in [-0.25, -0.2) is 0 Å². The van der Waals surface area contributed by atoms with Gasteiger partial charge >= 0.3 is 0 Å². The van der Waals surface area contributed by atoms with Gasteiger partial charge in [0.05, 0.1) is 7.05 Å². The highest BCUT2D eigenvalue weighted by molar-refractivity contribution is 4.87. The number of hydrogen-bond donors (Lipinski definition) is 1. The van der Waals surface area contributed by atoms with Gasteiger partial charge < -0.3 is 5.32 Å². The maximum absolute atomic E-state index is 4.31. The second kappa shape index (κ2) is 6.83. The molecule has 1 N–H and O–H groups in total. The first-order chi connectivity index (χ1) is 8.79. The van der Waals surface area contributed by atoms with Gasteiger partial charge in [0.2, 0.25) is 0 Å². The summed E-state index contributed by atoms with van der Waals surface area (Å²) in [7, 11) is 1.83. The summed E-state index contributed by atoms with van der Waals surface area (Å²) in [5.74, 6) is 2.42. The number of nitrogens with one attached hydrogen (secondary N) is 1. The molecular formula is C13H25N5.